The maximum Gasteiger partial charge on any atom is 0.303 e. The fourth-order valence-corrected chi connectivity index (χ4v) is 1.88. The number of nitrogens with one attached hydrogen (secondary N) is 1. The highest BCUT2D eigenvalue weighted by atomic mass is 127. The van der Waals surface area contributed by atoms with E-state index >= 15 is 0 Å². The van der Waals surface area contributed by atoms with Crippen molar-refractivity contribution in [3.63, 3.8) is 0 Å². The van der Waals surface area contributed by atoms with Gasteiger partial charge in [0, 0.05) is 22.1 Å². The first kappa shape index (κ1) is 14.0. The molecule has 17 heavy (non-hydrogen) atoms. The average Bonchev–Trinajstić information content (AvgIpc) is 2.28. The number of carbonyl (C=O) groups excluding carboxylic acids is 1. The number of aliphatic carboxylic acids is 1. The normalized spacial score (nSPS) is 9.94. The van der Waals surface area contributed by atoms with Gasteiger partial charge in [0.05, 0.1) is 0 Å². The Morgan fingerprint density at radius 2 is 2.06 bits per heavy atom. The summed E-state index contributed by atoms with van der Waals surface area (Å²) in [5, 5.41) is 11.2. The minimum absolute atomic E-state index is 0.112. The molecule has 0 aromatic heterocycles. The molecule has 2 N–H and O–H groups in total. The van der Waals surface area contributed by atoms with Crippen LogP contribution < -0.4 is 5.32 Å². The molecule has 1 amide bonds. The van der Waals surface area contributed by atoms with Crippen LogP contribution in [0.3, 0.4) is 0 Å². The van der Waals surface area contributed by atoms with Crippen LogP contribution in [-0.2, 0) is 4.79 Å². The van der Waals surface area contributed by atoms with Crippen LogP contribution in [0.25, 0.3) is 0 Å². The lowest BCUT2D eigenvalue weighted by Gasteiger charge is -2.04. The summed E-state index contributed by atoms with van der Waals surface area (Å²) in [6, 6.07) is 7.33. The average molecular weight is 347 g/mol. The van der Waals surface area contributed by atoms with Crippen LogP contribution in [0.5, 0.6) is 0 Å². The van der Waals surface area contributed by atoms with Crippen molar-refractivity contribution in [2.75, 3.05) is 6.54 Å². The summed E-state index contributed by atoms with van der Waals surface area (Å²) in [6.45, 7) is 0.511. The number of carboxylic acid groups (broad SMARTS) is 1. The maximum absolute atomic E-state index is 11.7. The third kappa shape index (κ3) is 5.67. The lowest BCUT2D eigenvalue weighted by atomic mass is 10.2. The van der Waals surface area contributed by atoms with Crippen molar-refractivity contribution in [2.24, 2.45) is 0 Å². The smallest absolute Gasteiger partial charge is 0.303 e. The molecule has 0 saturated carbocycles. The maximum atomic E-state index is 11.7. The van der Waals surface area contributed by atoms with Gasteiger partial charge in [-0.1, -0.05) is 6.07 Å². The molecule has 0 aliphatic heterocycles. The molecule has 0 unspecified atom stereocenters. The molecule has 0 aliphatic rings. The molecule has 1 aromatic carbocycles. The molecule has 1 rings (SSSR count). The highest BCUT2D eigenvalue weighted by Crippen LogP contribution is 2.07. The number of carboxylic acids is 1. The Kier molecular flexibility index (Phi) is 5.96. The zero-order chi connectivity index (χ0) is 12.7. The van der Waals surface area contributed by atoms with Crippen molar-refractivity contribution in [1.82, 2.24) is 5.32 Å². The molecule has 0 spiro atoms. The van der Waals surface area contributed by atoms with Gasteiger partial charge in [0.15, 0.2) is 0 Å². The van der Waals surface area contributed by atoms with Gasteiger partial charge in [-0.25, -0.2) is 0 Å². The van der Waals surface area contributed by atoms with Gasteiger partial charge in [0.2, 0.25) is 0 Å². The highest BCUT2D eigenvalue weighted by molar-refractivity contribution is 14.1. The van der Waals surface area contributed by atoms with Gasteiger partial charge >= 0.3 is 5.97 Å². The Bertz CT molecular complexity index is 406. The van der Waals surface area contributed by atoms with Crippen LogP contribution in [0, 0.1) is 3.57 Å². The highest BCUT2D eigenvalue weighted by Gasteiger charge is 2.04. The summed E-state index contributed by atoms with van der Waals surface area (Å²) in [6.07, 6.45) is 1.42. The Hall–Kier alpha value is -1.11. The predicted molar refractivity (Wildman–Crippen MR) is 73.0 cm³/mol. The Morgan fingerprint density at radius 1 is 1.29 bits per heavy atom. The first-order valence-electron chi connectivity index (χ1n) is 5.35. The minimum atomic E-state index is -0.797. The summed E-state index contributed by atoms with van der Waals surface area (Å²) < 4.78 is 1.01. The van der Waals surface area contributed by atoms with E-state index in [1.165, 1.54) is 0 Å². The van der Waals surface area contributed by atoms with Crippen molar-refractivity contribution >= 4 is 34.5 Å². The lowest BCUT2D eigenvalue weighted by Crippen LogP contribution is -2.24. The number of benzene rings is 1. The first-order valence-corrected chi connectivity index (χ1v) is 6.43. The fraction of sp³-hybridized carbons (Fsp3) is 0.333. The number of unbranched alkanes of at least 4 members (excludes halogenated alkanes) is 1. The molecule has 4 nitrogen and oxygen atoms in total. The van der Waals surface area contributed by atoms with Crippen molar-refractivity contribution < 1.29 is 14.7 Å². The van der Waals surface area contributed by atoms with Gasteiger partial charge in [-0.05, 0) is 53.6 Å². The SMILES string of the molecule is O=C(O)CCCCNC(=O)c1cccc(I)c1. The number of rotatable bonds is 6. The molecule has 92 valence electrons. The number of halogens is 1. The van der Waals surface area contributed by atoms with Gasteiger partial charge in [-0.3, -0.25) is 9.59 Å². The summed E-state index contributed by atoms with van der Waals surface area (Å²) >= 11 is 2.15. The summed E-state index contributed by atoms with van der Waals surface area (Å²) in [7, 11) is 0. The largest absolute Gasteiger partial charge is 0.481 e. The first-order chi connectivity index (χ1) is 8.09. The van der Waals surface area contributed by atoms with Gasteiger partial charge in [0.25, 0.3) is 5.91 Å². The van der Waals surface area contributed by atoms with Crippen molar-refractivity contribution in [3.05, 3.63) is 33.4 Å². The number of hydrogen-bond donors (Lipinski definition) is 2. The van der Waals surface area contributed by atoms with E-state index in [1.54, 1.807) is 6.07 Å². The van der Waals surface area contributed by atoms with E-state index in [2.05, 4.69) is 27.9 Å². The molecule has 0 heterocycles. The minimum Gasteiger partial charge on any atom is -0.481 e. The van der Waals surface area contributed by atoms with Crippen LogP contribution in [0.1, 0.15) is 29.6 Å². The van der Waals surface area contributed by atoms with Crippen molar-refractivity contribution in [2.45, 2.75) is 19.3 Å². The van der Waals surface area contributed by atoms with Gasteiger partial charge in [0.1, 0.15) is 0 Å². The zero-order valence-electron chi connectivity index (χ0n) is 9.28. The fourth-order valence-electron chi connectivity index (χ4n) is 1.33. The third-order valence-corrected chi connectivity index (χ3v) is 2.86. The molecule has 1 aromatic rings. The van der Waals surface area contributed by atoms with Gasteiger partial charge < -0.3 is 10.4 Å². The van der Waals surface area contributed by atoms with E-state index in [0.717, 1.165) is 3.57 Å². The van der Waals surface area contributed by atoms with E-state index < -0.39 is 5.97 Å². The van der Waals surface area contributed by atoms with E-state index in [9.17, 15) is 9.59 Å². The lowest BCUT2D eigenvalue weighted by molar-refractivity contribution is -0.137. The van der Waals surface area contributed by atoms with Crippen LogP contribution in [-0.4, -0.2) is 23.5 Å². The summed E-state index contributed by atoms with van der Waals surface area (Å²) in [4.78, 5) is 21.9. The molecule has 0 fully saturated rings. The van der Waals surface area contributed by atoms with E-state index in [4.69, 9.17) is 5.11 Å². The molecule has 0 bridgehead atoms. The number of hydrogen-bond acceptors (Lipinski definition) is 2. The van der Waals surface area contributed by atoms with Crippen LogP contribution in [0.15, 0.2) is 24.3 Å². The van der Waals surface area contributed by atoms with Crippen LogP contribution >= 0.6 is 22.6 Å². The molecule has 0 atom stereocenters. The summed E-state index contributed by atoms with van der Waals surface area (Å²) in [5.41, 5.74) is 0.634. The second-order valence-electron chi connectivity index (χ2n) is 3.62. The second kappa shape index (κ2) is 7.26. The third-order valence-electron chi connectivity index (χ3n) is 2.19. The van der Waals surface area contributed by atoms with Crippen LogP contribution in [0.2, 0.25) is 0 Å². The van der Waals surface area contributed by atoms with E-state index in [-0.39, 0.29) is 12.3 Å². The van der Waals surface area contributed by atoms with Crippen molar-refractivity contribution in [1.29, 1.82) is 0 Å². The number of carbonyl (C=O) groups is 2. The number of amides is 1. The van der Waals surface area contributed by atoms with Gasteiger partial charge in [-0.15, -0.1) is 0 Å². The topological polar surface area (TPSA) is 66.4 Å². The quantitative estimate of drug-likeness (QED) is 0.613. The molecule has 5 heteroatoms. The van der Waals surface area contributed by atoms with Crippen molar-refractivity contribution in [3.8, 4) is 0 Å². The molecular formula is C12H14INO3. The zero-order valence-corrected chi connectivity index (χ0v) is 11.4. The standard InChI is InChI=1S/C12H14INO3/c13-10-5-3-4-9(8-10)12(17)14-7-2-1-6-11(15)16/h3-5,8H,1-2,6-7H2,(H,14,17)(H,15,16). The Labute approximate surface area is 114 Å². The molecule has 0 aliphatic carbocycles. The second-order valence-corrected chi connectivity index (χ2v) is 4.86. The van der Waals surface area contributed by atoms with E-state index in [0.29, 0.717) is 24.9 Å². The van der Waals surface area contributed by atoms with Crippen LogP contribution in [0.4, 0.5) is 0 Å². The van der Waals surface area contributed by atoms with E-state index in [1.807, 2.05) is 18.2 Å². The Morgan fingerprint density at radius 3 is 2.71 bits per heavy atom. The van der Waals surface area contributed by atoms with Gasteiger partial charge in [-0.2, -0.15) is 0 Å². The summed E-state index contributed by atoms with van der Waals surface area (Å²) in [5.74, 6) is -0.909. The molecule has 0 radical (unpaired) electrons. The Balaban J connectivity index is 2.28. The molecule has 0 saturated heterocycles. The predicted octanol–water partition coefficient (Wildman–Crippen LogP) is 2.28. The molecular weight excluding hydrogens is 333 g/mol. The monoisotopic (exact) mass is 347 g/mol.